The van der Waals surface area contributed by atoms with Crippen molar-refractivity contribution in [2.45, 2.75) is 30.4 Å². The van der Waals surface area contributed by atoms with Gasteiger partial charge in [-0.05, 0) is 43.5 Å². The van der Waals surface area contributed by atoms with Crippen LogP contribution in [-0.2, 0) is 4.74 Å². The first-order valence-corrected chi connectivity index (χ1v) is 7.40. The van der Waals surface area contributed by atoms with Gasteiger partial charge in [0.25, 0.3) is 0 Å². The largest absolute Gasteiger partial charge is 0.398 e. The van der Waals surface area contributed by atoms with Gasteiger partial charge in [0.1, 0.15) is 11.9 Å². The molecule has 1 fully saturated rings. The van der Waals surface area contributed by atoms with E-state index in [0.717, 1.165) is 25.9 Å². The van der Waals surface area contributed by atoms with Crippen LogP contribution in [0.15, 0.2) is 35.4 Å². The summed E-state index contributed by atoms with van der Waals surface area (Å²) in [6, 6.07) is 6.75. The van der Waals surface area contributed by atoms with Crippen molar-refractivity contribution in [1.29, 1.82) is 0 Å². The van der Waals surface area contributed by atoms with Crippen LogP contribution in [0.1, 0.15) is 41.5 Å². The zero-order chi connectivity index (χ0) is 14.8. The van der Waals surface area contributed by atoms with E-state index in [1.165, 1.54) is 0 Å². The molecule has 0 saturated carbocycles. The predicted molar refractivity (Wildman–Crippen MR) is 82.6 cm³/mol. The van der Waals surface area contributed by atoms with E-state index in [2.05, 4.69) is 17.7 Å². The maximum atomic E-state index is 12.4. The molecule has 2 N–H and O–H groups in total. The molecule has 1 aliphatic heterocycles. The van der Waals surface area contributed by atoms with Crippen molar-refractivity contribution >= 4 is 24.1 Å². The number of aromatic nitrogens is 2. The lowest BCUT2D eigenvalue weighted by atomic mass is 10.1. The number of nitrogens with zero attached hydrogens (tertiary/aromatic N) is 2. The minimum Gasteiger partial charge on any atom is -0.398 e. The third-order valence-electron chi connectivity index (χ3n) is 3.58. The molecule has 0 radical (unpaired) electrons. The molecule has 1 saturated heterocycles. The van der Waals surface area contributed by atoms with Gasteiger partial charge in [-0.3, -0.25) is 4.79 Å². The van der Waals surface area contributed by atoms with Crippen LogP contribution in [0.2, 0.25) is 0 Å². The zero-order valence-corrected chi connectivity index (χ0v) is 12.4. The Hall–Kier alpha value is -1.79. The van der Waals surface area contributed by atoms with Gasteiger partial charge >= 0.3 is 0 Å². The summed E-state index contributed by atoms with van der Waals surface area (Å²) in [7, 11) is 0. The molecule has 1 aromatic heterocycles. The van der Waals surface area contributed by atoms with Crippen molar-refractivity contribution in [1.82, 2.24) is 9.78 Å². The number of ketones is 1. The molecule has 5 nitrogen and oxygen atoms in total. The quantitative estimate of drug-likeness (QED) is 0.519. The Morgan fingerprint density at radius 3 is 2.95 bits per heavy atom. The lowest BCUT2D eigenvalue weighted by molar-refractivity contribution is -0.0395. The summed E-state index contributed by atoms with van der Waals surface area (Å²) >= 11 is 4.24. The number of carbonyl (C=O) groups excluding carboxylic acids is 1. The lowest BCUT2D eigenvalue weighted by Crippen LogP contribution is -2.19. The SMILES string of the molecule is Nc1ccc(C(=O)c2ccn(C3CCCCO3)n2)cc1S. The van der Waals surface area contributed by atoms with Crippen LogP contribution in [0.25, 0.3) is 0 Å². The first-order chi connectivity index (χ1) is 10.1. The fraction of sp³-hybridized carbons (Fsp3) is 0.333. The van der Waals surface area contributed by atoms with Gasteiger partial charge in [0.2, 0.25) is 5.78 Å². The van der Waals surface area contributed by atoms with Crippen LogP contribution in [0, 0.1) is 0 Å². The Kier molecular flexibility index (Phi) is 3.98. The summed E-state index contributed by atoms with van der Waals surface area (Å²) in [5, 5.41) is 4.35. The molecule has 1 atom stereocenters. The van der Waals surface area contributed by atoms with Crippen molar-refractivity contribution in [3.05, 3.63) is 41.7 Å². The van der Waals surface area contributed by atoms with Gasteiger partial charge in [-0.15, -0.1) is 12.6 Å². The van der Waals surface area contributed by atoms with Gasteiger partial charge in [0, 0.05) is 29.0 Å². The summed E-state index contributed by atoms with van der Waals surface area (Å²) in [5.41, 5.74) is 7.19. The number of hydrogen-bond donors (Lipinski definition) is 2. The maximum Gasteiger partial charge on any atom is 0.213 e. The van der Waals surface area contributed by atoms with E-state index in [1.54, 1.807) is 35.1 Å². The van der Waals surface area contributed by atoms with Crippen molar-refractivity contribution in [3.8, 4) is 0 Å². The van der Waals surface area contributed by atoms with Crippen molar-refractivity contribution in [2.75, 3.05) is 12.3 Å². The van der Waals surface area contributed by atoms with Crippen LogP contribution in [0.4, 0.5) is 5.69 Å². The van der Waals surface area contributed by atoms with E-state index in [-0.39, 0.29) is 12.0 Å². The lowest BCUT2D eigenvalue weighted by Gasteiger charge is -2.22. The molecule has 1 aromatic carbocycles. The van der Waals surface area contributed by atoms with Gasteiger partial charge in [-0.1, -0.05) is 0 Å². The standard InChI is InChI=1S/C15H17N3O2S/c16-11-5-4-10(9-13(11)21)15(19)12-6-7-18(17-12)14-3-1-2-8-20-14/h4-7,9,14,21H,1-3,8,16H2. The molecule has 0 bridgehead atoms. The van der Waals surface area contributed by atoms with Gasteiger partial charge in [0.05, 0.1) is 0 Å². The number of nitrogen functional groups attached to an aromatic ring is 1. The number of ether oxygens (including phenoxy) is 1. The predicted octanol–water partition coefficient (Wildman–Crippen LogP) is 2.68. The normalized spacial score (nSPS) is 18.6. The fourth-order valence-electron chi connectivity index (χ4n) is 2.38. The Morgan fingerprint density at radius 2 is 2.24 bits per heavy atom. The van der Waals surface area contributed by atoms with Crippen LogP contribution in [-0.4, -0.2) is 22.2 Å². The molecule has 110 valence electrons. The van der Waals surface area contributed by atoms with Crippen LogP contribution >= 0.6 is 12.6 Å². The van der Waals surface area contributed by atoms with Gasteiger partial charge < -0.3 is 10.5 Å². The van der Waals surface area contributed by atoms with Crippen LogP contribution in [0.5, 0.6) is 0 Å². The Balaban J connectivity index is 1.81. The molecular formula is C15H17N3O2S. The average molecular weight is 303 g/mol. The van der Waals surface area contributed by atoms with E-state index >= 15 is 0 Å². The summed E-state index contributed by atoms with van der Waals surface area (Å²) < 4.78 is 7.39. The molecule has 2 heterocycles. The Bertz CT molecular complexity index is 663. The van der Waals surface area contributed by atoms with E-state index in [9.17, 15) is 4.79 Å². The second-order valence-electron chi connectivity index (χ2n) is 5.10. The smallest absolute Gasteiger partial charge is 0.213 e. The third-order valence-corrected chi connectivity index (χ3v) is 3.97. The van der Waals surface area contributed by atoms with Crippen LogP contribution in [0.3, 0.4) is 0 Å². The summed E-state index contributed by atoms with van der Waals surface area (Å²) in [6.45, 7) is 0.745. The number of nitrogens with two attached hydrogens (primary N) is 1. The highest BCUT2D eigenvalue weighted by atomic mass is 32.1. The van der Waals surface area contributed by atoms with Gasteiger partial charge in [-0.2, -0.15) is 5.10 Å². The molecule has 3 rings (SSSR count). The van der Waals surface area contributed by atoms with E-state index < -0.39 is 0 Å². The maximum absolute atomic E-state index is 12.4. The highest BCUT2D eigenvalue weighted by Gasteiger charge is 2.19. The Labute approximate surface area is 128 Å². The van der Waals surface area contributed by atoms with E-state index in [0.29, 0.717) is 21.8 Å². The molecule has 1 unspecified atom stereocenters. The first-order valence-electron chi connectivity index (χ1n) is 6.95. The topological polar surface area (TPSA) is 70.1 Å². The molecule has 1 aliphatic rings. The monoisotopic (exact) mass is 303 g/mol. The number of benzene rings is 1. The number of rotatable bonds is 3. The minimum atomic E-state index is -0.139. The second kappa shape index (κ2) is 5.91. The molecule has 6 heteroatoms. The number of carbonyl (C=O) groups is 1. The van der Waals surface area contributed by atoms with Gasteiger partial charge in [-0.25, -0.2) is 4.68 Å². The summed E-state index contributed by atoms with van der Waals surface area (Å²) in [6.07, 6.45) is 4.86. The van der Waals surface area contributed by atoms with Gasteiger partial charge in [0.15, 0.2) is 0 Å². The summed E-state index contributed by atoms with van der Waals surface area (Å²) in [5.74, 6) is -0.139. The zero-order valence-electron chi connectivity index (χ0n) is 11.5. The second-order valence-corrected chi connectivity index (χ2v) is 5.59. The third kappa shape index (κ3) is 2.96. The Morgan fingerprint density at radius 1 is 1.38 bits per heavy atom. The molecule has 0 amide bonds. The van der Waals surface area contributed by atoms with Crippen molar-refractivity contribution in [3.63, 3.8) is 0 Å². The van der Waals surface area contributed by atoms with E-state index in [4.69, 9.17) is 10.5 Å². The molecule has 2 aromatic rings. The van der Waals surface area contributed by atoms with E-state index in [1.807, 2.05) is 0 Å². The fourth-order valence-corrected chi connectivity index (χ4v) is 2.60. The molecule has 0 aliphatic carbocycles. The summed E-state index contributed by atoms with van der Waals surface area (Å²) in [4.78, 5) is 13.0. The minimum absolute atomic E-state index is 0.0628. The van der Waals surface area contributed by atoms with Crippen molar-refractivity contribution < 1.29 is 9.53 Å². The van der Waals surface area contributed by atoms with Crippen molar-refractivity contribution in [2.24, 2.45) is 0 Å². The number of anilines is 1. The molecular weight excluding hydrogens is 286 g/mol. The highest BCUT2D eigenvalue weighted by Crippen LogP contribution is 2.23. The molecule has 0 spiro atoms. The first kappa shape index (κ1) is 14.2. The number of hydrogen-bond acceptors (Lipinski definition) is 5. The number of thiol groups is 1. The average Bonchev–Trinajstić information content (AvgIpc) is 3.00. The highest BCUT2D eigenvalue weighted by molar-refractivity contribution is 7.80. The van der Waals surface area contributed by atoms with Crippen LogP contribution < -0.4 is 5.73 Å². The molecule has 21 heavy (non-hydrogen) atoms.